The van der Waals surface area contributed by atoms with Gasteiger partial charge in [-0.15, -0.1) is 0 Å². The van der Waals surface area contributed by atoms with Crippen LogP contribution in [0.4, 0.5) is 5.82 Å². The molecule has 2 aromatic heterocycles. The van der Waals surface area contributed by atoms with Crippen molar-refractivity contribution in [3.05, 3.63) is 48.5 Å². The van der Waals surface area contributed by atoms with E-state index in [0.29, 0.717) is 23.5 Å². The Balaban J connectivity index is 1.53. The van der Waals surface area contributed by atoms with E-state index >= 15 is 0 Å². The van der Waals surface area contributed by atoms with E-state index in [-0.39, 0.29) is 6.61 Å². The monoisotopic (exact) mass is 371 g/mol. The van der Waals surface area contributed by atoms with Crippen molar-refractivity contribution in [2.24, 2.45) is 0 Å². The number of aliphatic hydroxyl groups is 3. The van der Waals surface area contributed by atoms with E-state index in [4.69, 9.17) is 4.74 Å². The molecule has 0 unspecified atom stereocenters. The molecule has 0 bridgehead atoms. The summed E-state index contributed by atoms with van der Waals surface area (Å²) in [6.07, 6.45) is -0.370. The van der Waals surface area contributed by atoms with Crippen LogP contribution in [0.2, 0.25) is 0 Å². The normalized spacial score (nSPS) is 25.1. The quantitative estimate of drug-likeness (QED) is 0.480. The van der Waals surface area contributed by atoms with Crippen LogP contribution in [0.3, 0.4) is 0 Å². The number of ether oxygens (including phenoxy) is 1. The number of imidazole rings is 1. The molecule has 27 heavy (non-hydrogen) atoms. The fourth-order valence-electron chi connectivity index (χ4n) is 3.25. The Bertz CT molecular complexity index is 903. The molecule has 1 saturated heterocycles. The van der Waals surface area contributed by atoms with Crippen molar-refractivity contribution in [3.8, 4) is 0 Å². The van der Waals surface area contributed by atoms with Gasteiger partial charge in [0, 0.05) is 6.54 Å². The van der Waals surface area contributed by atoms with Crippen LogP contribution in [-0.2, 0) is 11.2 Å². The van der Waals surface area contributed by atoms with Crippen LogP contribution < -0.4 is 5.32 Å². The lowest BCUT2D eigenvalue weighted by Crippen LogP contribution is -2.33. The largest absolute Gasteiger partial charge is 0.394 e. The van der Waals surface area contributed by atoms with Crippen molar-refractivity contribution in [2.75, 3.05) is 18.5 Å². The van der Waals surface area contributed by atoms with E-state index in [1.165, 1.54) is 18.2 Å². The second-order valence-electron chi connectivity index (χ2n) is 6.44. The molecule has 0 aliphatic carbocycles. The molecule has 4 rings (SSSR count). The third kappa shape index (κ3) is 3.37. The van der Waals surface area contributed by atoms with E-state index in [1.54, 1.807) is 4.57 Å². The van der Waals surface area contributed by atoms with Gasteiger partial charge in [0.05, 0.1) is 12.9 Å². The first-order valence-corrected chi connectivity index (χ1v) is 8.77. The van der Waals surface area contributed by atoms with Crippen LogP contribution in [0.1, 0.15) is 11.8 Å². The highest BCUT2D eigenvalue weighted by Crippen LogP contribution is 2.32. The molecule has 1 aliphatic heterocycles. The van der Waals surface area contributed by atoms with Crippen LogP contribution >= 0.6 is 0 Å². The lowest BCUT2D eigenvalue weighted by atomic mass is 10.1. The minimum atomic E-state index is -1.19. The number of benzene rings is 1. The molecule has 9 heteroatoms. The molecule has 3 aromatic rings. The van der Waals surface area contributed by atoms with Crippen molar-refractivity contribution < 1.29 is 20.1 Å². The highest BCUT2D eigenvalue weighted by Gasteiger charge is 2.44. The van der Waals surface area contributed by atoms with E-state index in [1.807, 2.05) is 18.2 Å². The topological polar surface area (TPSA) is 126 Å². The molecule has 1 aromatic carbocycles. The highest BCUT2D eigenvalue weighted by molar-refractivity contribution is 5.82. The maximum atomic E-state index is 10.2. The number of fused-ring (bicyclic) bond motifs is 1. The standard InChI is InChI=1S/C18H21N5O4/c24-8-12-14(25)15(26)18(27-12)23-10-22-13-16(20-9-21-17(13)23)19-7-6-11-4-2-1-3-5-11/h1-5,9-10,12,14-15,18,24-26H,6-8H2,(H,19,20,21)/t12-,14+,15-,18-/m1/s1. The predicted octanol–water partition coefficient (Wildman–Crippen LogP) is 0.0924. The molecule has 4 atom stereocenters. The van der Waals surface area contributed by atoms with Crippen LogP contribution in [0.25, 0.3) is 11.2 Å². The summed E-state index contributed by atoms with van der Waals surface area (Å²) in [5.74, 6) is 0.585. The lowest BCUT2D eigenvalue weighted by molar-refractivity contribution is -0.0511. The summed E-state index contributed by atoms with van der Waals surface area (Å²) in [6, 6.07) is 10.1. The minimum absolute atomic E-state index is 0.386. The van der Waals surface area contributed by atoms with Gasteiger partial charge in [0.15, 0.2) is 23.2 Å². The number of aromatic nitrogens is 4. The lowest BCUT2D eigenvalue weighted by Gasteiger charge is -2.16. The Labute approximate surface area is 155 Å². The van der Waals surface area contributed by atoms with Crippen LogP contribution in [0.5, 0.6) is 0 Å². The van der Waals surface area contributed by atoms with Crippen molar-refractivity contribution in [2.45, 2.75) is 31.0 Å². The van der Waals surface area contributed by atoms with E-state index < -0.39 is 24.5 Å². The molecule has 0 saturated carbocycles. The fourth-order valence-corrected chi connectivity index (χ4v) is 3.25. The SMILES string of the molecule is OC[C@H]1O[C@@H](n2cnc3c(NCCc4ccccc4)ncnc32)[C@H](O)[C@H]1O. The van der Waals surface area contributed by atoms with Crippen molar-refractivity contribution >= 4 is 17.0 Å². The van der Waals surface area contributed by atoms with Crippen molar-refractivity contribution in [3.63, 3.8) is 0 Å². The van der Waals surface area contributed by atoms with Gasteiger partial charge < -0.3 is 25.4 Å². The molecule has 1 aliphatic rings. The number of nitrogens with one attached hydrogen (secondary N) is 1. The number of hydrogen-bond acceptors (Lipinski definition) is 8. The number of aliphatic hydroxyl groups excluding tert-OH is 3. The minimum Gasteiger partial charge on any atom is -0.394 e. The van der Waals surface area contributed by atoms with Gasteiger partial charge in [-0.1, -0.05) is 30.3 Å². The molecular weight excluding hydrogens is 350 g/mol. The van der Waals surface area contributed by atoms with E-state index in [2.05, 4.69) is 32.4 Å². The Morgan fingerprint density at radius 3 is 2.63 bits per heavy atom. The van der Waals surface area contributed by atoms with Gasteiger partial charge in [-0.05, 0) is 12.0 Å². The maximum absolute atomic E-state index is 10.2. The first kappa shape index (κ1) is 17.8. The molecule has 0 amide bonds. The molecule has 142 valence electrons. The van der Waals surface area contributed by atoms with E-state index in [0.717, 1.165) is 6.42 Å². The molecule has 4 N–H and O–H groups in total. The van der Waals surface area contributed by atoms with Crippen LogP contribution in [-0.4, -0.2) is 66.3 Å². The fraction of sp³-hybridized carbons (Fsp3) is 0.389. The van der Waals surface area contributed by atoms with Gasteiger partial charge in [-0.2, -0.15) is 0 Å². The van der Waals surface area contributed by atoms with Gasteiger partial charge in [-0.3, -0.25) is 4.57 Å². The Morgan fingerprint density at radius 1 is 1.07 bits per heavy atom. The Kier molecular flexibility index (Phi) is 4.99. The summed E-state index contributed by atoms with van der Waals surface area (Å²) in [5.41, 5.74) is 2.23. The molecule has 0 spiro atoms. The van der Waals surface area contributed by atoms with Gasteiger partial charge in [0.25, 0.3) is 0 Å². The molecular formula is C18H21N5O4. The molecule has 9 nitrogen and oxygen atoms in total. The summed E-state index contributed by atoms with van der Waals surface area (Å²) in [7, 11) is 0. The molecule has 0 radical (unpaired) electrons. The summed E-state index contributed by atoms with van der Waals surface area (Å²) in [4.78, 5) is 12.8. The van der Waals surface area contributed by atoms with Crippen molar-refractivity contribution in [1.29, 1.82) is 0 Å². The van der Waals surface area contributed by atoms with Gasteiger partial charge >= 0.3 is 0 Å². The highest BCUT2D eigenvalue weighted by atomic mass is 16.6. The van der Waals surface area contributed by atoms with Crippen LogP contribution in [0.15, 0.2) is 43.0 Å². The number of rotatable bonds is 6. The average molecular weight is 371 g/mol. The molecule has 3 heterocycles. The summed E-state index contributed by atoms with van der Waals surface area (Å²) in [6.45, 7) is 0.291. The molecule has 1 fully saturated rings. The maximum Gasteiger partial charge on any atom is 0.167 e. The van der Waals surface area contributed by atoms with Crippen LogP contribution in [0, 0.1) is 0 Å². The number of anilines is 1. The first-order valence-electron chi connectivity index (χ1n) is 8.77. The smallest absolute Gasteiger partial charge is 0.167 e. The zero-order chi connectivity index (χ0) is 18.8. The summed E-state index contributed by atoms with van der Waals surface area (Å²) < 4.78 is 7.10. The van der Waals surface area contributed by atoms with Gasteiger partial charge in [0.2, 0.25) is 0 Å². The third-order valence-corrected chi connectivity index (χ3v) is 4.70. The second kappa shape index (κ2) is 7.57. The van der Waals surface area contributed by atoms with Crippen molar-refractivity contribution in [1.82, 2.24) is 19.5 Å². The van der Waals surface area contributed by atoms with E-state index in [9.17, 15) is 15.3 Å². The summed E-state index contributed by atoms with van der Waals surface area (Å²) in [5, 5.41) is 32.7. The second-order valence-corrected chi connectivity index (χ2v) is 6.44. The number of hydrogen-bond donors (Lipinski definition) is 4. The van der Waals surface area contributed by atoms with Gasteiger partial charge in [-0.25, -0.2) is 15.0 Å². The Morgan fingerprint density at radius 2 is 1.89 bits per heavy atom. The predicted molar refractivity (Wildman–Crippen MR) is 97.0 cm³/mol. The Hall–Kier alpha value is -2.59. The summed E-state index contributed by atoms with van der Waals surface area (Å²) >= 11 is 0. The number of nitrogens with zero attached hydrogens (tertiary/aromatic N) is 4. The zero-order valence-electron chi connectivity index (χ0n) is 14.5. The zero-order valence-corrected chi connectivity index (χ0v) is 14.5. The average Bonchev–Trinajstić information content (AvgIpc) is 3.25. The van der Waals surface area contributed by atoms with Gasteiger partial charge in [0.1, 0.15) is 24.6 Å². The first-order chi connectivity index (χ1) is 13.2. The third-order valence-electron chi connectivity index (χ3n) is 4.70.